The van der Waals surface area contributed by atoms with Crippen LogP contribution in [-0.4, -0.2) is 34.5 Å². The average Bonchev–Trinajstić information content (AvgIpc) is 3.35. The van der Waals surface area contributed by atoms with Gasteiger partial charge in [0.1, 0.15) is 23.4 Å². The van der Waals surface area contributed by atoms with Gasteiger partial charge in [-0.25, -0.2) is 0 Å². The highest BCUT2D eigenvalue weighted by atomic mass is 16.5. The topological polar surface area (TPSA) is 89.0 Å². The number of pyridine rings is 1. The number of rotatable bonds is 5. The van der Waals surface area contributed by atoms with E-state index in [0.717, 1.165) is 11.3 Å². The number of hydrogen-bond acceptors (Lipinski definition) is 6. The van der Waals surface area contributed by atoms with Crippen molar-refractivity contribution in [3.05, 3.63) is 89.3 Å². The summed E-state index contributed by atoms with van der Waals surface area (Å²) >= 11 is 0. The molecule has 3 heterocycles. The predicted molar refractivity (Wildman–Crippen MR) is 127 cm³/mol. The van der Waals surface area contributed by atoms with Crippen LogP contribution in [0.5, 0.6) is 11.5 Å². The molecular formula is C27H24N2O5. The van der Waals surface area contributed by atoms with Crippen LogP contribution in [0.3, 0.4) is 0 Å². The molecule has 2 aromatic carbocycles. The summed E-state index contributed by atoms with van der Waals surface area (Å²) in [5, 5.41) is 11.3. The number of aliphatic hydroxyl groups excluding tert-OH is 1. The van der Waals surface area contributed by atoms with E-state index in [1.165, 1.54) is 4.90 Å². The lowest BCUT2D eigenvalue weighted by atomic mass is 9.95. The van der Waals surface area contributed by atoms with Gasteiger partial charge in [0.2, 0.25) is 0 Å². The van der Waals surface area contributed by atoms with E-state index in [9.17, 15) is 14.7 Å². The van der Waals surface area contributed by atoms with Crippen molar-refractivity contribution in [2.75, 3.05) is 11.5 Å². The zero-order valence-corrected chi connectivity index (χ0v) is 18.9. The van der Waals surface area contributed by atoms with E-state index in [-0.39, 0.29) is 17.4 Å². The van der Waals surface area contributed by atoms with Crippen LogP contribution in [0.1, 0.15) is 36.6 Å². The van der Waals surface area contributed by atoms with Gasteiger partial charge in [0.05, 0.1) is 18.2 Å². The van der Waals surface area contributed by atoms with E-state index in [1.54, 1.807) is 60.9 Å². The average molecular weight is 456 g/mol. The molecule has 2 aliphatic rings. The molecule has 0 saturated carbocycles. The normalized spacial score (nSPS) is 20.8. The molecule has 172 valence electrons. The number of nitrogens with zero attached hydrogens (tertiary/aromatic N) is 2. The Morgan fingerprint density at radius 2 is 1.85 bits per heavy atom. The Hall–Kier alpha value is -4.13. The summed E-state index contributed by atoms with van der Waals surface area (Å²) in [5.41, 5.74) is 2.67. The fraction of sp³-hybridized carbons (Fsp3) is 0.222. The number of amides is 1. The Balaban J connectivity index is 1.63. The summed E-state index contributed by atoms with van der Waals surface area (Å²) in [4.78, 5) is 32.0. The van der Waals surface area contributed by atoms with Crippen molar-refractivity contribution in [2.45, 2.75) is 32.4 Å². The van der Waals surface area contributed by atoms with Gasteiger partial charge in [0.25, 0.3) is 11.7 Å². The molecule has 0 spiro atoms. The Kier molecular flexibility index (Phi) is 5.53. The number of ether oxygens (including phenoxy) is 2. The lowest BCUT2D eigenvalue weighted by Gasteiger charge is -2.25. The van der Waals surface area contributed by atoms with Crippen LogP contribution in [0.4, 0.5) is 5.69 Å². The van der Waals surface area contributed by atoms with Gasteiger partial charge in [-0.05, 0) is 79.6 Å². The molecule has 1 saturated heterocycles. The fourth-order valence-electron chi connectivity index (χ4n) is 4.55. The third-order valence-corrected chi connectivity index (χ3v) is 6.06. The number of carbonyl (C=O) groups excluding carboxylic acids is 2. The zero-order valence-electron chi connectivity index (χ0n) is 18.9. The monoisotopic (exact) mass is 456 g/mol. The van der Waals surface area contributed by atoms with Crippen LogP contribution >= 0.6 is 0 Å². The molecule has 1 aromatic heterocycles. The summed E-state index contributed by atoms with van der Waals surface area (Å²) in [6.45, 7) is 4.39. The number of fused-ring (bicyclic) bond motifs is 1. The molecule has 1 amide bonds. The lowest BCUT2D eigenvalue weighted by Crippen LogP contribution is -2.29. The van der Waals surface area contributed by atoms with Crippen molar-refractivity contribution in [1.82, 2.24) is 4.98 Å². The van der Waals surface area contributed by atoms with E-state index < -0.39 is 17.7 Å². The van der Waals surface area contributed by atoms with Crippen molar-refractivity contribution in [1.29, 1.82) is 0 Å². The number of Topliss-reactive ketones (excluding diaryl/α,β-unsaturated/α-hetero) is 1. The first-order chi connectivity index (χ1) is 16.5. The number of anilines is 1. The van der Waals surface area contributed by atoms with Gasteiger partial charge in [-0.1, -0.05) is 0 Å². The van der Waals surface area contributed by atoms with Crippen molar-refractivity contribution >= 4 is 23.1 Å². The van der Waals surface area contributed by atoms with Gasteiger partial charge < -0.3 is 14.6 Å². The highest BCUT2D eigenvalue weighted by molar-refractivity contribution is 6.51. The SMILES string of the molecule is CCOc1ccc(N2C(=O)C(=O)/C(=C(\O)c3ccc4c(c3)CC(C)O4)C2c2ccncc2)cc1. The minimum atomic E-state index is -0.802. The van der Waals surface area contributed by atoms with E-state index in [2.05, 4.69) is 4.98 Å². The summed E-state index contributed by atoms with van der Waals surface area (Å²) in [6.07, 6.45) is 3.96. The number of aromatic nitrogens is 1. The van der Waals surface area contributed by atoms with Crippen molar-refractivity contribution < 1.29 is 24.2 Å². The quantitative estimate of drug-likeness (QED) is 0.347. The van der Waals surface area contributed by atoms with Crippen LogP contribution in [0, 0.1) is 0 Å². The van der Waals surface area contributed by atoms with Gasteiger partial charge in [0.15, 0.2) is 0 Å². The molecule has 1 N–H and O–H groups in total. The zero-order chi connectivity index (χ0) is 23.8. The molecule has 1 fully saturated rings. The van der Waals surface area contributed by atoms with Crippen LogP contribution in [0.25, 0.3) is 5.76 Å². The molecule has 7 heteroatoms. The van der Waals surface area contributed by atoms with E-state index in [0.29, 0.717) is 35.6 Å². The second kappa shape index (κ2) is 8.67. The predicted octanol–water partition coefficient (Wildman–Crippen LogP) is 4.43. The summed E-state index contributed by atoms with van der Waals surface area (Å²) < 4.78 is 11.3. The number of ketones is 1. The first kappa shape index (κ1) is 21.7. The number of carbonyl (C=O) groups is 2. The molecule has 7 nitrogen and oxygen atoms in total. The van der Waals surface area contributed by atoms with Crippen molar-refractivity contribution in [3.8, 4) is 11.5 Å². The summed E-state index contributed by atoms with van der Waals surface area (Å²) in [5.74, 6) is -0.220. The maximum absolute atomic E-state index is 13.3. The van der Waals surface area contributed by atoms with Crippen LogP contribution in [0.15, 0.2) is 72.6 Å². The van der Waals surface area contributed by atoms with Crippen LogP contribution < -0.4 is 14.4 Å². The molecule has 0 bridgehead atoms. The summed E-state index contributed by atoms with van der Waals surface area (Å²) in [6, 6.07) is 15.0. The van der Waals surface area contributed by atoms with Gasteiger partial charge in [0, 0.05) is 30.1 Å². The molecule has 2 aliphatic heterocycles. The fourth-order valence-corrected chi connectivity index (χ4v) is 4.55. The lowest BCUT2D eigenvalue weighted by molar-refractivity contribution is -0.132. The third kappa shape index (κ3) is 3.69. The Labute approximate surface area is 197 Å². The molecule has 5 rings (SSSR count). The molecular weight excluding hydrogens is 432 g/mol. The van der Waals surface area contributed by atoms with Gasteiger partial charge in [-0.3, -0.25) is 19.5 Å². The smallest absolute Gasteiger partial charge is 0.300 e. The number of benzene rings is 2. The minimum Gasteiger partial charge on any atom is -0.507 e. The second-order valence-electron chi connectivity index (χ2n) is 8.33. The summed E-state index contributed by atoms with van der Waals surface area (Å²) in [7, 11) is 0. The van der Waals surface area contributed by atoms with Gasteiger partial charge in [-0.15, -0.1) is 0 Å². The number of hydrogen-bond donors (Lipinski definition) is 1. The molecule has 34 heavy (non-hydrogen) atoms. The Morgan fingerprint density at radius 1 is 1.12 bits per heavy atom. The van der Waals surface area contributed by atoms with Crippen LogP contribution in [0.2, 0.25) is 0 Å². The molecule has 0 aliphatic carbocycles. The molecule has 2 unspecified atom stereocenters. The second-order valence-corrected chi connectivity index (χ2v) is 8.33. The van der Waals surface area contributed by atoms with Crippen molar-refractivity contribution in [2.24, 2.45) is 0 Å². The van der Waals surface area contributed by atoms with Gasteiger partial charge in [-0.2, -0.15) is 0 Å². The Morgan fingerprint density at radius 3 is 2.56 bits per heavy atom. The van der Waals surface area contributed by atoms with Gasteiger partial charge >= 0.3 is 0 Å². The van der Waals surface area contributed by atoms with Crippen molar-refractivity contribution in [3.63, 3.8) is 0 Å². The Bertz CT molecular complexity index is 1280. The highest BCUT2D eigenvalue weighted by Crippen LogP contribution is 2.43. The van der Waals surface area contributed by atoms with Crippen LogP contribution in [-0.2, 0) is 16.0 Å². The van der Waals surface area contributed by atoms with E-state index >= 15 is 0 Å². The first-order valence-electron chi connectivity index (χ1n) is 11.2. The maximum Gasteiger partial charge on any atom is 0.300 e. The molecule has 0 radical (unpaired) electrons. The van der Waals surface area contributed by atoms with E-state index in [1.807, 2.05) is 19.9 Å². The molecule has 2 atom stereocenters. The third-order valence-electron chi connectivity index (χ3n) is 6.06. The highest BCUT2D eigenvalue weighted by Gasteiger charge is 2.47. The number of aliphatic hydroxyl groups is 1. The molecule has 3 aromatic rings. The van der Waals surface area contributed by atoms with E-state index in [4.69, 9.17) is 9.47 Å². The first-order valence-corrected chi connectivity index (χ1v) is 11.2. The minimum absolute atomic E-state index is 0.0389. The maximum atomic E-state index is 13.3. The largest absolute Gasteiger partial charge is 0.507 e. The standard InChI is InChI=1S/C27H24N2O5/c1-3-33-21-7-5-20(6-8-21)29-24(17-10-12-28-13-11-17)23(26(31)27(29)32)25(30)18-4-9-22-19(15-18)14-16(2)34-22/h4-13,15-16,24,30H,3,14H2,1-2H3/b25-23-.